The first-order valence-corrected chi connectivity index (χ1v) is 4.95. The largest absolute Gasteiger partial charge is 0.479 e. The highest BCUT2D eigenvalue weighted by atomic mass is 32.2. The summed E-state index contributed by atoms with van der Waals surface area (Å²) >= 11 is 1.10. The van der Waals surface area contributed by atoms with Crippen molar-refractivity contribution in [2.75, 3.05) is 6.26 Å². The number of carbonyl (C=O) groups is 2. The molecule has 0 radical (unpaired) electrons. The number of hydrogen-bond acceptors (Lipinski definition) is 3. The monoisotopic (exact) mass is 191 g/mol. The minimum absolute atomic E-state index is 0.209. The lowest BCUT2D eigenvalue weighted by atomic mass is 10.3. The fraction of sp³-hybridized carbons (Fsp3) is 0.714. The molecule has 0 heterocycles. The molecular formula is C7H13NO3S. The van der Waals surface area contributed by atoms with E-state index in [4.69, 9.17) is 5.11 Å². The molecule has 0 saturated carbocycles. The van der Waals surface area contributed by atoms with E-state index in [0.717, 1.165) is 18.2 Å². The summed E-state index contributed by atoms with van der Waals surface area (Å²) in [5.74, 6) is -1.22. The van der Waals surface area contributed by atoms with Gasteiger partial charge in [0.1, 0.15) is 0 Å². The second-order valence-electron chi connectivity index (χ2n) is 2.27. The summed E-state index contributed by atoms with van der Waals surface area (Å²) in [5, 5.41) is 10.1. The molecule has 1 atom stereocenters. The van der Waals surface area contributed by atoms with Crippen LogP contribution in [0.4, 0.5) is 0 Å². The molecule has 1 amide bonds. The zero-order valence-corrected chi connectivity index (χ0v) is 7.98. The second-order valence-corrected chi connectivity index (χ2v) is 3.21. The summed E-state index contributed by atoms with van der Waals surface area (Å²) in [4.78, 5) is 21.4. The predicted octanol–water partition coefficient (Wildman–Crippen LogP) is 0.676. The SMILES string of the molecule is CCCC(=O)NC(SC)C(=O)O. The molecule has 0 aromatic rings. The van der Waals surface area contributed by atoms with E-state index >= 15 is 0 Å². The first kappa shape index (κ1) is 11.3. The van der Waals surface area contributed by atoms with Gasteiger partial charge in [-0.1, -0.05) is 6.92 Å². The Hall–Kier alpha value is -0.710. The van der Waals surface area contributed by atoms with E-state index in [1.165, 1.54) is 0 Å². The molecule has 0 bridgehead atoms. The molecule has 0 aliphatic heterocycles. The Labute approximate surface area is 75.7 Å². The molecule has 0 aromatic carbocycles. The number of carboxylic acids is 1. The molecule has 4 nitrogen and oxygen atoms in total. The zero-order valence-electron chi connectivity index (χ0n) is 7.16. The minimum Gasteiger partial charge on any atom is -0.479 e. The highest BCUT2D eigenvalue weighted by Gasteiger charge is 2.17. The van der Waals surface area contributed by atoms with Gasteiger partial charge in [0.25, 0.3) is 0 Å². The van der Waals surface area contributed by atoms with E-state index in [-0.39, 0.29) is 5.91 Å². The molecule has 0 aliphatic carbocycles. The Morgan fingerprint density at radius 2 is 2.17 bits per heavy atom. The topological polar surface area (TPSA) is 66.4 Å². The summed E-state index contributed by atoms with van der Waals surface area (Å²) in [6.45, 7) is 1.87. The van der Waals surface area contributed by atoms with Crippen molar-refractivity contribution in [3.05, 3.63) is 0 Å². The number of aliphatic carboxylic acids is 1. The summed E-state index contributed by atoms with van der Waals surface area (Å²) in [6.07, 6.45) is 2.75. The standard InChI is InChI=1S/C7H13NO3S/c1-3-4-5(9)8-6(12-2)7(10)11/h6H,3-4H2,1-2H3,(H,8,9)(H,10,11). The average Bonchev–Trinajstić information content (AvgIpc) is 2.00. The van der Waals surface area contributed by atoms with Crippen LogP contribution in [0.2, 0.25) is 0 Å². The third kappa shape index (κ3) is 4.23. The predicted molar refractivity (Wildman–Crippen MR) is 48.0 cm³/mol. The molecule has 0 saturated heterocycles. The van der Waals surface area contributed by atoms with E-state index in [0.29, 0.717) is 6.42 Å². The van der Waals surface area contributed by atoms with Crippen LogP contribution in [0.1, 0.15) is 19.8 Å². The Bertz CT molecular complexity index is 172. The van der Waals surface area contributed by atoms with Crippen molar-refractivity contribution in [3.8, 4) is 0 Å². The Kier molecular flexibility index (Phi) is 5.53. The summed E-state index contributed by atoms with van der Waals surface area (Å²) in [5.41, 5.74) is 0. The van der Waals surface area contributed by atoms with Crippen LogP contribution in [-0.4, -0.2) is 28.6 Å². The van der Waals surface area contributed by atoms with E-state index in [2.05, 4.69) is 5.32 Å². The van der Waals surface area contributed by atoms with Gasteiger partial charge in [-0.2, -0.15) is 0 Å². The lowest BCUT2D eigenvalue weighted by molar-refractivity contribution is -0.139. The van der Waals surface area contributed by atoms with E-state index in [1.807, 2.05) is 6.92 Å². The summed E-state index contributed by atoms with van der Waals surface area (Å²) < 4.78 is 0. The number of amides is 1. The van der Waals surface area contributed by atoms with Crippen molar-refractivity contribution < 1.29 is 14.7 Å². The van der Waals surface area contributed by atoms with Crippen molar-refractivity contribution in [3.63, 3.8) is 0 Å². The second kappa shape index (κ2) is 5.88. The van der Waals surface area contributed by atoms with Gasteiger partial charge in [-0.15, -0.1) is 11.8 Å². The van der Waals surface area contributed by atoms with E-state index in [9.17, 15) is 9.59 Å². The van der Waals surface area contributed by atoms with Gasteiger partial charge < -0.3 is 10.4 Å². The maximum absolute atomic E-state index is 10.9. The van der Waals surface area contributed by atoms with Crippen LogP contribution < -0.4 is 5.32 Å². The van der Waals surface area contributed by atoms with Crippen molar-refractivity contribution in [2.24, 2.45) is 0 Å². The minimum atomic E-state index is -1.01. The number of nitrogens with one attached hydrogen (secondary N) is 1. The first-order valence-electron chi connectivity index (χ1n) is 3.66. The maximum Gasteiger partial charge on any atom is 0.336 e. The van der Waals surface area contributed by atoms with Crippen molar-refractivity contribution in [1.82, 2.24) is 5.32 Å². The molecule has 70 valence electrons. The van der Waals surface area contributed by atoms with Gasteiger partial charge in [-0.05, 0) is 12.7 Å². The molecule has 12 heavy (non-hydrogen) atoms. The van der Waals surface area contributed by atoms with Gasteiger partial charge in [0.2, 0.25) is 5.91 Å². The van der Waals surface area contributed by atoms with Gasteiger partial charge in [0.05, 0.1) is 0 Å². The van der Waals surface area contributed by atoms with Crippen LogP contribution in [0.3, 0.4) is 0 Å². The van der Waals surface area contributed by atoms with Crippen molar-refractivity contribution in [1.29, 1.82) is 0 Å². The van der Waals surface area contributed by atoms with Gasteiger partial charge in [0, 0.05) is 6.42 Å². The normalized spacial score (nSPS) is 12.2. The highest BCUT2D eigenvalue weighted by Crippen LogP contribution is 2.03. The van der Waals surface area contributed by atoms with Crippen LogP contribution in [0.5, 0.6) is 0 Å². The number of thioether (sulfide) groups is 1. The fourth-order valence-corrected chi connectivity index (χ4v) is 1.12. The van der Waals surface area contributed by atoms with Gasteiger partial charge in [-0.25, -0.2) is 4.79 Å². The summed E-state index contributed by atoms with van der Waals surface area (Å²) in [7, 11) is 0. The number of rotatable bonds is 5. The Balaban J connectivity index is 3.85. The lowest BCUT2D eigenvalue weighted by Crippen LogP contribution is -2.37. The third-order valence-electron chi connectivity index (χ3n) is 1.23. The van der Waals surface area contributed by atoms with Crippen LogP contribution in [0.25, 0.3) is 0 Å². The molecule has 0 aromatic heterocycles. The van der Waals surface area contributed by atoms with Crippen molar-refractivity contribution >= 4 is 23.6 Å². The Morgan fingerprint density at radius 3 is 2.50 bits per heavy atom. The number of carbonyl (C=O) groups excluding carboxylic acids is 1. The zero-order chi connectivity index (χ0) is 9.56. The van der Waals surface area contributed by atoms with E-state index < -0.39 is 11.3 Å². The van der Waals surface area contributed by atoms with Crippen molar-refractivity contribution in [2.45, 2.75) is 25.1 Å². The molecule has 0 rings (SSSR count). The molecule has 0 aliphatic rings. The highest BCUT2D eigenvalue weighted by molar-refractivity contribution is 7.99. The fourth-order valence-electron chi connectivity index (χ4n) is 0.667. The van der Waals surface area contributed by atoms with Crippen LogP contribution in [-0.2, 0) is 9.59 Å². The van der Waals surface area contributed by atoms with Crippen LogP contribution in [0, 0.1) is 0 Å². The Morgan fingerprint density at radius 1 is 1.58 bits per heavy atom. The van der Waals surface area contributed by atoms with Crippen LogP contribution in [0.15, 0.2) is 0 Å². The van der Waals surface area contributed by atoms with Gasteiger partial charge in [-0.3, -0.25) is 4.79 Å². The number of hydrogen-bond donors (Lipinski definition) is 2. The molecule has 5 heteroatoms. The first-order chi connectivity index (χ1) is 5.61. The quantitative estimate of drug-likeness (QED) is 0.627. The number of carboxylic acid groups (broad SMARTS) is 1. The maximum atomic E-state index is 10.9. The van der Waals surface area contributed by atoms with E-state index in [1.54, 1.807) is 6.26 Å². The summed E-state index contributed by atoms with van der Waals surface area (Å²) in [6, 6.07) is 0. The molecular weight excluding hydrogens is 178 g/mol. The molecule has 0 fully saturated rings. The molecule has 2 N–H and O–H groups in total. The van der Waals surface area contributed by atoms with Gasteiger partial charge >= 0.3 is 5.97 Å². The third-order valence-corrected chi connectivity index (χ3v) is 2.02. The van der Waals surface area contributed by atoms with Gasteiger partial charge in [0.15, 0.2) is 5.37 Å². The smallest absolute Gasteiger partial charge is 0.336 e. The van der Waals surface area contributed by atoms with Crippen LogP contribution >= 0.6 is 11.8 Å². The lowest BCUT2D eigenvalue weighted by Gasteiger charge is -2.10. The molecule has 0 spiro atoms. The molecule has 1 unspecified atom stereocenters. The average molecular weight is 191 g/mol.